The first-order chi connectivity index (χ1) is 13.9. The monoisotopic (exact) mass is 421 g/mol. The van der Waals surface area contributed by atoms with Crippen LogP contribution in [0.2, 0.25) is 0 Å². The summed E-state index contributed by atoms with van der Waals surface area (Å²) < 4.78 is 5.30. The van der Waals surface area contributed by atoms with E-state index in [2.05, 4.69) is 40.7 Å². The summed E-state index contributed by atoms with van der Waals surface area (Å²) in [6.07, 6.45) is 0.563. The Balaban J connectivity index is 3.04. The summed E-state index contributed by atoms with van der Waals surface area (Å²) in [6, 6.07) is 5.81. The quantitative estimate of drug-likeness (QED) is 0.467. The molecule has 1 aromatic carbocycles. The number of carboxylic acids is 1. The molecule has 0 unspecified atom stereocenters. The van der Waals surface area contributed by atoms with Gasteiger partial charge in [0, 0.05) is 6.04 Å². The predicted octanol–water partition coefficient (Wildman–Crippen LogP) is 3.92. The van der Waals surface area contributed by atoms with Crippen molar-refractivity contribution in [2.45, 2.75) is 84.8 Å². The molecule has 3 atom stereocenters. The highest BCUT2D eigenvalue weighted by Gasteiger charge is 2.24. The highest BCUT2D eigenvalue weighted by atomic mass is 16.5. The molecule has 1 rings (SSSR count). The van der Waals surface area contributed by atoms with Gasteiger partial charge in [0.05, 0.1) is 12.2 Å². The Morgan fingerprint density at radius 3 is 2.30 bits per heavy atom. The van der Waals surface area contributed by atoms with Crippen molar-refractivity contribution in [3.63, 3.8) is 0 Å². The fraction of sp³-hybridized carbons (Fsp3) is 0.667. The van der Waals surface area contributed by atoms with E-state index in [1.54, 1.807) is 6.92 Å². The summed E-state index contributed by atoms with van der Waals surface area (Å²) in [5.74, 6) is -0.982. The van der Waals surface area contributed by atoms with E-state index in [-0.39, 0.29) is 29.8 Å². The third kappa shape index (κ3) is 8.07. The lowest BCUT2D eigenvalue weighted by Crippen LogP contribution is -2.30. The van der Waals surface area contributed by atoms with E-state index in [9.17, 15) is 14.7 Å². The van der Waals surface area contributed by atoms with Crippen molar-refractivity contribution in [2.24, 2.45) is 17.6 Å². The number of aliphatic hydroxyl groups excluding tert-OH is 1. The number of carbonyl (C=O) groups excluding carboxylic acids is 1. The first-order valence-electron chi connectivity index (χ1n) is 10.8. The van der Waals surface area contributed by atoms with Crippen molar-refractivity contribution in [3.05, 3.63) is 34.9 Å². The van der Waals surface area contributed by atoms with Gasteiger partial charge in [-0.1, -0.05) is 46.8 Å². The van der Waals surface area contributed by atoms with Crippen LogP contribution in [0.4, 0.5) is 0 Å². The van der Waals surface area contributed by atoms with Gasteiger partial charge in [-0.25, -0.2) is 9.59 Å². The highest BCUT2D eigenvalue weighted by Crippen LogP contribution is 2.29. The Hall–Kier alpha value is -1.92. The van der Waals surface area contributed by atoms with Gasteiger partial charge in [0.15, 0.2) is 6.10 Å². The van der Waals surface area contributed by atoms with Crippen LogP contribution in [0.3, 0.4) is 0 Å². The predicted molar refractivity (Wildman–Crippen MR) is 119 cm³/mol. The second kappa shape index (κ2) is 11.5. The summed E-state index contributed by atoms with van der Waals surface area (Å²) in [5, 5.41) is 18.3. The Morgan fingerprint density at radius 1 is 1.17 bits per heavy atom. The molecule has 0 heterocycles. The number of aliphatic hydroxyl groups is 1. The maximum Gasteiger partial charge on any atom is 0.338 e. The van der Waals surface area contributed by atoms with Crippen LogP contribution >= 0.6 is 0 Å². The fourth-order valence-corrected chi connectivity index (χ4v) is 3.50. The second-order valence-corrected chi connectivity index (χ2v) is 9.48. The first kappa shape index (κ1) is 26.1. The standard InChI is InChI=1S/C24H39NO5/c1-7-30-23(29)20-14-18(24(4,5)6)9-8-16(20)12-17(15(2)3)13-19(25)10-11-21(26)22(27)28/h8-9,14-15,17,19,21,26H,7,10-13,25H2,1-6H3,(H,27,28)/t17-,19-,21-/m0/s1. The molecule has 0 saturated heterocycles. The second-order valence-electron chi connectivity index (χ2n) is 9.48. The summed E-state index contributed by atoms with van der Waals surface area (Å²) in [4.78, 5) is 23.4. The number of nitrogens with two attached hydrogens (primary N) is 1. The smallest absolute Gasteiger partial charge is 0.338 e. The molecule has 0 radical (unpaired) electrons. The van der Waals surface area contributed by atoms with Gasteiger partial charge < -0.3 is 20.7 Å². The zero-order chi connectivity index (χ0) is 23.1. The number of hydrogen-bond donors (Lipinski definition) is 3. The molecule has 0 spiro atoms. The number of ether oxygens (including phenoxy) is 1. The zero-order valence-electron chi connectivity index (χ0n) is 19.3. The van der Waals surface area contributed by atoms with Gasteiger partial charge in [-0.15, -0.1) is 0 Å². The van der Waals surface area contributed by atoms with E-state index >= 15 is 0 Å². The molecule has 6 heteroatoms. The Morgan fingerprint density at radius 2 is 1.80 bits per heavy atom. The summed E-state index contributed by atoms with van der Waals surface area (Å²) in [6.45, 7) is 12.7. The van der Waals surface area contributed by atoms with Gasteiger partial charge in [-0.05, 0) is 67.1 Å². The summed E-state index contributed by atoms with van der Waals surface area (Å²) >= 11 is 0. The largest absolute Gasteiger partial charge is 0.479 e. The molecule has 4 N–H and O–H groups in total. The number of hydrogen-bond acceptors (Lipinski definition) is 5. The number of rotatable bonds is 11. The van der Waals surface area contributed by atoms with Crippen molar-refractivity contribution < 1.29 is 24.5 Å². The van der Waals surface area contributed by atoms with Crippen LogP contribution in [0.15, 0.2) is 18.2 Å². The molecule has 170 valence electrons. The normalized spacial score (nSPS) is 15.0. The minimum atomic E-state index is -1.38. The molecule has 0 aliphatic carbocycles. The van der Waals surface area contributed by atoms with Crippen LogP contribution in [0.5, 0.6) is 0 Å². The molecule has 0 aliphatic rings. The van der Waals surface area contributed by atoms with Crippen molar-refractivity contribution in [2.75, 3.05) is 6.61 Å². The van der Waals surface area contributed by atoms with E-state index in [0.717, 1.165) is 11.1 Å². The van der Waals surface area contributed by atoms with E-state index in [1.165, 1.54) is 0 Å². The SMILES string of the molecule is CCOC(=O)c1cc(C(C)(C)C)ccc1C[C@@H](C[C@@H](N)CC[C@H](O)C(=O)O)C(C)C. The van der Waals surface area contributed by atoms with Crippen molar-refractivity contribution in [1.29, 1.82) is 0 Å². The van der Waals surface area contributed by atoms with Gasteiger partial charge in [-0.3, -0.25) is 0 Å². The maximum absolute atomic E-state index is 12.6. The minimum Gasteiger partial charge on any atom is -0.479 e. The van der Waals surface area contributed by atoms with Crippen molar-refractivity contribution in [3.8, 4) is 0 Å². The highest BCUT2D eigenvalue weighted by molar-refractivity contribution is 5.91. The number of aliphatic carboxylic acids is 1. The average molecular weight is 422 g/mol. The van der Waals surface area contributed by atoms with Crippen LogP contribution in [0.1, 0.15) is 82.3 Å². The van der Waals surface area contributed by atoms with Gasteiger partial charge >= 0.3 is 11.9 Å². The molecule has 1 aromatic rings. The first-order valence-corrected chi connectivity index (χ1v) is 10.8. The zero-order valence-corrected chi connectivity index (χ0v) is 19.3. The maximum atomic E-state index is 12.6. The van der Waals surface area contributed by atoms with Gasteiger partial charge in [0.2, 0.25) is 0 Å². The number of carbonyl (C=O) groups is 2. The molecule has 30 heavy (non-hydrogen) atoms. The third-order valence-corrected chi connectivity index (χ3v) is 5.60. The van der Waals surface area contributed by atoms with Gasteiger partial charge in [0.1, 0.15) is 0 Å². The lowest BCUT2D eigenvalue weighted by Gasteiger charge is -2.26. The van der Waals surface area contributed by atoms with Crippen LogP contribution in [-0.2, 0) is 21.4 Å². The van der Waals surface area contributed by atoms with Crippen LogP contribution in [0, 0.1) is 11.8 Å². The number of esters is 1. The van der Waals surface area contributed by atoms with E-state index in [0.29, 0.717) is 37.4 Å². The fourth-order valence-electron chi connectivity index (χ4n) is 3.50. The Bertz CT molecular complexity index is 708. The van der Waals surface area contributed by atoms with Gasteiger partial charge in [-0.2, -0.15) is 0 Å². The third-order valence-electron chi connectivity index (χ3n) is 5.60. The molecular weight excluding hydrogens is 382 g/mol. The summed E-state index contributed by atoms with van der Waals surface area (Å²) in [7, 11) is 0. The average Bonchev–Trinajstić information content (AvgIpc) is 2.64. The molecule has 0 saturated carbocycles. The lowest BCUT2D eigenvalue weighted by molar-refractivity contribution is -0.147. The molecule has 0 fully saturated rings. The van der Waals surface area contributed by atoms with Crippen LogP contribution in [0.25, 0.3) is 0 Å². The molecule has 0 aliphatic heterocycles. The molecule has 6 nitrogen and oxygen atoms in total. The molecule has 0 bridgehead atoms. The summed E-state index contributed by atoms with van der Waals surface area (Å²) in [5.41, 5.74) is 8.79. The van der Waals surface area contributed by atoms with Crippen molar-refractivity contribution >= 4 is 11.9 Å². The molecular formula is C24H39NO5. The van der Waals surface area contributed by atoms with E-state index in [1.807, 2.05) is 12.1 Å². The van der Waals surface area contributed by atoms with Crippen molar-refractivity contribution in [1.82, 2.24) is 0 Å². The van der Waals surface area contributed by atoms with Gasteiger partial charge in [0.25, 0.3) is 0 Å². The Labute approximate surface area is 180 Å². The lowest BCUT2D eigenvalue weighted by atomic mass is 9.80. The van der Waals surface area contributed by atoms with Crippen LogP contribution < -0.4 is 5.73 Å². The Kier molecular flexibility index (Phi) is 9.98. The minimum absolute atomic E-state index is 0.0788. The topological polar surface area (TPSA) is 110 Å². The molecule has 0 amide bonds. The van der Waals surface area contributed by atoms with E-state index in [4.69, 9.17) is 15.6 Å². The van der Waals surface area contributed by atoms with E-state index < -0.39 is 12.1 Å². The van der Waals surface area contributed by atoms with Crippen LogP contribution in [-0.4, -0.2) is 40.9 Å². The number of carboxylic acid groups (broad SMARTS) is 1. The molecule has 0 aromatic heterocycles. The number of benzene rings is 1.